The van der Waals surface area contributed by atoms with E-state index in [0.717, 1.165) is 19.2 Å². The van der Waals surface area contributed by atoms with E-state index in [2.05, 4.69) is 5.32 Å². The number of ether oxygens (including phenoxy) is 2. The van der Waals surface area contributed by atoms with Crippen LogP contribution in [0.2, 0.25) is 0 Å². The van der Waals surface area contributed by atoms with E-state index in [1.807, 2.05) is 0 Å². The van der Waals surface area contributed by atoms with Crippen molar-refractivity contribution in [2.24, 2.45) is 0 Å². The molecule has 0 fully saturated rings. The Morgan fingerprint density at radius 1 is 1.21 bits per heavy atom. The monoisotopic (exact) mass is 417 g/mol. The molecule has 0 saturated carbocycles. The maximum atomic E-state index is 13.2. The number of methoxy groups -OCH3 is 1. The van der Waals surface area contributed by atoms with Gasteiger partial charge in [0.25, 0.3) is 0 Å². The summed E-state index contributed by atoms with van der Waals surface area (Å²) in [5, 5.41) is 2.87. The summed E-state index contributed by atoms with van der Waals surface area (Å²) < 4.78 is 49.5. The number of allylic oxidation sites excluding steroid dienone is 2. The van der Waals surface area contributed by atoms with Crippen LogP contribution in [0.1, 0.15) is 30.9 Å². The molecule has 2 rings (SSSR count). The van der Waals surface area contributed by atoms with E-state index < -0.39 is 29.6 Å². The summed E-state index contributed by atoms with van der Waals surface area (Å²) in [6.07, 6.45) is -4.59. The van der Waals surface area contributed by atoms with Crippen molar-refractivity contribution in [2.45, 2.75) is 25.9 Å². The lowest BCUT2D eigenvalue weighted by Gasteiger charge is -2.31. The number of rotatable bonds is 5. The minimum Gasteiger partial charge on any atom is -0.466 e. The van der Waals surface area contributed by atoms with Crippen LogP contribution in [-0.4, -0.2) is 31.5 Å². The molecule has 1 aromatic rings. The van der Waals surface area contributed by atoms with Gasteiger partial charge in [-0.3, -0.25) is 0 Å². The number of carbonyl (C=O) groups excluding carboxylic acids is 2. The predicted octanol–water partition coefficient (Wildman–Crippen LogP) is 3.90. The Morgan fingerprint density at radius 2 is 1.89 bits per heavy atom. The molecule has 1 aliphatic heterocycles. The molecule has 1 aliphatic rings. The predicted molar refractivity (Wildman–Crippen MR) is 96.4 cm³/mol. The molecule has 1 atom stereocenters. The van der Waals surface area contributed by atoms with Crippen LogP contribution in [0.15, 0.2) is 46.8 Å². The van der Waals surface area contributed by atoms with Gasteiger partial charge >= 0.3 is 18.1 Å². The van der Waals surface area contributed by atoms with Crippen LogP contribution in [-0.2, 0) is 25.2 Å². The van der Waals surface area contributed by atoms with Crippen molar-refractivity contribution in [3.63, 3.8) is 0 Å². The molecule has 1 unspecified atom stereocenters. The molecule has 5 nitrogen and oxygen atoms in total. The van der Waals surface area contributed by atoms with Gasteiger partial charge in [0.1, 0.15) is 0 Å². The summed E-state index contributed by atoms with van der Waals surface area (Å²) in [6, 6.07) is 4.44. The molecule has 0 radical (unpaired) electrons. The van der Waals surface area contributed by atoms with Gasteiger partial charge in [-0.2, -0.15) is 13.2 Å². The van der Waals surface area contributed by atoms with E-state index in [1.54, 1.807) is 13.8 Å². The fourth-order valence-electron chi connectivity index (χ4n) is 3.06. The van der Waals surface area contributed by atoms with Crippen molar-refractivity contribution < 1.29 is 32.2 Å². The third-order valence-corrected chi connectivity index (χ3v) is 4.49. The third kappa shape index (κ3) is 4.32. The van der Waals surface area contributed by atoms with Gasteiger partial charge in [-0.15, -0.1) is 11.6 Å². The lowest BCUT2D eigenvalue weighted by atomic mass is 9.80. The average Bonchev–Trinajstić information content (AvgIpc) is 2.65. The topological polar surface area (TPSA) is 64.6 Å². The maximum absolute atomic E-state index is 13.2. The van der Waals surface area contributed by atoms with Crippen molar-refractivity contribution in [2.75, 3.05) is 19.6 Å². The van der Waals surface area contributed by atoms with Crippen LogP contribution < -0.4 is 5.32 Å². The van der Waals surface area contributed by atoms with Crippen molar-refractivity contribution >= 4 is 23.5 Å². The first-order chi connectivity index (χ1) is 13.1. The second-order valence-electron chi connectivity index (χ2n) is 5.96. The largest absolute Gasteiger partial charge is 0.466 e. The summed E-state index contributed by atoms with van der Waals surface area (Å²) in [6.45, 7) is 3.22. The third-order valence-electron chi connectivity index (χ3n) is 4.23. The van der Waals surface area contributed by atoms with Crippen LogP contribution >= 0.6 is 11.6 Å². The Bertz CT molecular complexity index is 846. The number of carbonyl (C=O) groups is 2. The van der Waals surface area contributed by atoms with Gasteiger partial charge < -0.3 is 14.8 Å². The minimum atomic E-state index is -4.59. The van der Waals surface area contributed by atoms with Crippen molar-refractivity contribution in [3.8, 4) is 0 Å². The molecule has 1 N–H and O–H groups in total. The molecule has 28 heavy (non-hydrogen) atoms. The standard InChI is InChI=1S/C19H19ClF3NO4/c1-4-28-18(26)14-10(2)24-13(9-20)16(17(25)27-3)15(14)11-6-5-7-12(8-11)19(21,22)23/h5-8,15,24H,4,9H2,1-3H3. The molecule has 0 aliphatic carbocycles. The highest BCUT2D eigenvalue weighted by Crippen LogP contribution is 2.41. The van der Waals surface area contributed by atoms with Crippen LogP contribution in [0.25, 0.3) is 0 Å². The van der Waals surface area contributed by atoms with Gasteiger partial charge in [-0.25, -0.2) is 9.59 Å². The van der Waals surface area contributed by atoms with E-state index in [9.17, 15) is 22.8 Å². The quantitative estimate of drug-likeness (QED) is 0.581. The number of alkyl halides is 4. The van der Waals surface area contributed by atoms with E-state index in [0.29, 0.717) is 5.70 Å². The number of halogens is 4. The molecule has 0 aromatic heterocycles. The van der Waals surface area contributed by atoms with E-state index in [-0.39, 0.29) is 34.9 Å². The van der Waals surface area contributed by atoms with E-state index >= 15 is 0 Å². The van der Waals surface area contributed by atoms with Gasteiger partial charge in [0.2, 0.25) is 0 Å². The Balaban J connectivity index is 2.75. The number of nitrogens with one attached hydrogen (secondary N) is 1. The van der Waals surface area contributed by atoms with Crippen LogP contribution in [0.3, 0.4) is 0 Å². The molecule has 1 aromatic carbocycles. The first-order valence-electron chi connectivity index (χ1n) is 8.35. The second kappa shape index (κ2) is 8.68. The average molecular weight is 418 g/mol. The lowest BCUT2D eigenvalue weighted by molar-refractivity contribution is -0.139. The smallest absolute Gasteiger partial charge is 0.416 e. The highest BCUT2D eigenvalue weighted by molar-refractivity contribution is 6.20. The zero-order valence-electron chi connectivity index (χ0n) is 15.4. The van der Waals surface area contributed by atoms with E-state index in [4.69, 9.17) is 21.1 Å². The molecule has 152 valence electrons. The number of dihydropyridines is 1. The molecule has 0 amide bonds. The maximum Gasteiger partial charge on any atom is 0.416 e. The normalized spacial score (nSPS) is 17.3. The number of esters is 2. The van der Waals surface area contributed by atoms with Crippen molar-refractivity contribution in [1.82, 2.24) is 5.32 Å². The summed E-state index contributed by atoms with van der Waals surface area (Å²) in [7, 11) is 1.14. The minimum absolute atomic E-state index is 0.0236. The van der Waals surface area contributed by atoms with Crippen molar-refractivity contribution in [1.29, 1.82) is 0 Å². The zero-order valence-corrected chi connectivity index (χ0v) is 16.2. The highest BCUT2D eigenvalue weighted by atomic mass is 35.5. The molecular weight excluding hydrogens is 399 g/mol. The molecule has 1 heterocycles. The summed E-state index contributed by atoms with van der Waals surface area (Å²) in [5.41, 5.74) is -0.227. The van der Waals surface area contributed by atoms with Crippen LogP contribution in [0.5, 0.6) is 0 Å². The lowest BCUT2D eigenvalue weighted by Crippen LogP contribution is -2.33. The zero-order chi connectivity index (χ0) is 21.1. The molecular formula is C19H19ClF3NO4. The first kappa shape index (κ1) is 21.8. The van der Waals surface area contributed by atoms with Gasteiger partial charge in [0, 0.05) is 11.4 Å². The molecule has 0 saturated heterocycles. The number of hydrogen-bond acceptors (Lipinski definition) is 5. The second-order valence-corrected chi connectivity index (χ2v) is 6.23. The number of benzene rings is 1. The van der Waals surface area contributed by atoms with Gasteiger partial charge in [-0.05, 0) is 25.5 Å². The Hall–Kier alpha value is -2.48. The van der Waals surface area contributed by atoms with Crippen LogP contribution in [0, 0.1) is 0 Å². The SMILES string of the molecule is CCOC(=O)C1=C(C)NC(CCl)=C(C(=O)OC)C1c1cccc(C(F)(F)F)c1. The fraction of sp³-hybridized carbons (Fsp3) is 0.368. The Kier molecular flexibility index (Phi) is 6.77. The van der Waals surface area contributed by atoms with Crippen molar-refractivity contribution in [3.05, 3.63) is 57.9 Å². The van der Waals surface area contributed by atoms with Gasteiger partial charge in [0.05, 0.1) is 42.2 Å². The molecule has 0 bridgehead atoms. The first-order valence-corrected chi connectivity index (χ1v) is 8.88. The Labute approximate surface area is 165 Å². The summed E-state index contributed by atoms with van der Waals surface area (Å²) in [5.74, 6) is -2.80. The highest BCUT2D eigenvalue weighted by Gasteiger charge is 2.39. The van der Waals surface area contributed by atoms with E-state index in [1.165, 1.54) is 12.1 Å². The summed E-state index contributed by atoms with van der Waals surface area (Å²) >= 11 is 5.94. The molecule has 0 spiro atoms. The molecule has 9 heteroatoms. The fourth-order valence-corrected chi connectivity index (χ4v) is 3.27. The van der Waals surface area contributed by atoms with Crippen LogP contribution in [0.4, 0.5) is 13.2 Å². The summed E-state index contributed by atoms with van der Waals surface area (Å²) in [4.78, 5) is 25.0. The van der Waals surface area contributed by atoms with Gasteiger partial charge in [0.15, 0.2) is 0 Å². The van der Waals surface area contributed by atoms with Gasteiger partial charge in [-0.1, -0.05) is 18.2 Å². The Morgan fingerprint density at radius 3 is 2.43 bits per heavy atom. The number of hydrogen-bond donors (Lipinski definition) is 1.